The molecule has 0 amide bonds. The number of nitrogens with zero attached hydrogens (tertiary/aromatic N) is 2. The normalized spacial score (nSPS) is 28.3. The van der Waals surface area contributed by atoms with Crippen molar-refractivity contribution in [1.29, 1.82) is 0 Å². The van der Waals surface area contributed by atoms with E-state index in [9.17, 15) is 0 Å². The average Bonchev–Trinajstić information content (AvgIpc) is 3.19. The summed E-state index contributed by atoms with van der Waals surface area (Å²) in [4.78, 5) is 8.07. The molecular formula is C18H22N2O2S. The number of thiophene rings is 1. The summed E-state index contributed by atoms with van der Waals surface area (Å²) in [6, 6.07) is 8.21. The maximum absolute atomic E-state index is 6.23. The van der Waals surface area contributed by atoms with Gasteiger partial charge < -0.3 is 9.47 Å². The van der Waals surface area contributed by atoms with E-state index < -0.39 is 0 Å². The van der Waals surface area contributed by atoms with Crippen LogP contribution in [0.4, 0.5) is 0 Å². The van der Waals surface area contributed by atoms with Crippen LogP contribution in [0, 0.1) is 0 Å². The molecule has 0 N–H and O–H groups in total. The molecule has 23 heavy (non-hydrogen) atoms. The number of ether oxygens (including phenoxy) is 2. The van der Waals surface area contributed by atoms with Crippen LogP contribution in [0.5, 0.6) is 5.75 Å². The monoisotopic (exact) mass is 330 g/mol. The van der Waals surface area contributed by atoms with Crippen molar-refractivity contribution in [3.63, 3.8) is 0 Å². The lowest BCUT2D eigenvalue weighted by molar-refractivity contribution is -0.0536. The van der Waals surface area contributed by atoms with Gasteiger partial charge in [0, 0.05) is 30.6 Å². The molecule has 0 saturated carbocycles. The van der Waals surface area contributed by atoms with E-state index in [1.807, 2.05) is 23.5 Å². The fourth-order valence-corrected chi connectivity index (χ4v) is 4.47. The summed E-state index contributed by atoms with van der Waals surface area (Å²) in [7, 11) is 0. The zero-order valence-corrected chi connectivity index (χ0v) is 14.0. The van der Waals surface area contributed by atoms with E-state index in [2.05, 4.69) is 27.4 Å². The van der Waals surface area contributed by atoms with Gasteiger partial charge in [0.15, 0.2) is 0 Å². The van der Waals surface area contributed by atoms with Crippen LogP contribution in [0.15, 0.2) is 42.0 Å². The van der Waals surface area contributed by atoms with Gasteiger partial charge in [-0.1, -0.05) is 6.07 Å². The summed E-state index contributed by atoms with van der Waals surface area (Å²) in [5.41, 5.74) is -0.0254. The van der Waals surface area contributed by atoms with Crippen LogP contribution in [0.1, 0.15) is 24.1 Å². The van der Waals surface area contributed by atoms with Crippen molar-refractivity contribution in [2.45, 2.75) is 37.5 Å². The van der Waals surface area contributed by atoms with Crippen LogP contribution in [0.2, 0.25) is 0 Å². The molecule has 122 valence electrons. The van der Waals surface area contributed by atoms with Crippen LogP contribution >= 0.6 is 11.3 Å². The summed E-state index contributed by atoms with van der Waals surface area (Å²) in [6.45, 7) is 3.90. The van der Waals surface area contributed by atoms with Crippen molar-refractivity contribution >= 4 is 11.3 Å². The standard InChI is InChI=1S/C18H22N2O2S/c1-4-15(11-19-7-1)22-16-10-18(21-13-16)6-3-8-20(14-18)12-17-5-2-9-23-17/h1-2,4-5,7,9,11,16H,3,6,8,10,12-14H2/t16-,18+/m1/s1. The molecule has 0 radical (unpaired) electrons. The molecule has 2 atom stereocenters. The number of likely N-dealkylation sites (tertiary alicyclic amines) is 1. The molecule has 2 aliphatic rings. The van der Waals surface area contributed by atoms with E-state index >= 15 is 0 Å². The maximum Gasteiger partial charge on any atom is 0.138 e. The molecule has 0 aromatic carbocycles. The lowest BCUT2D eigenvalue weighted by atomic mass is 9.89. The Morgan fingerprint density at radius 1 is 1.39 bits per heavy atom. The Morgan fingerprint density at radius 3 is 3.22 bits per heavy atom. The van der Waals surface area contributed by atoms with E-state index in [0.717, 1.165) is 38.2 Å². The topological polar surface area (TPSA) is 34.6 Å². The molecule has 2 aromatic rings. The van der Waals surface area contributed by atoms with Gasteiger partial charge in [0.2, 0.25) is 0 Å². The number of piperidine rings is 1. The van der Waals surface area contributed by atoms with Gasteiger partial charge in [0.05, 0.1) is 18.4 Å². The molecule has 2 fully saturated rings. The molecule has 1 spiro atoms. The lowest BCUT2D eigenvalue weighted by Gasteiger charge is -2.39. The van der Waals surface area contributed by atoms with Crippen LogP contribution in [-0.4, -0.2) is 41.3 Å². The quantitative estimate of drug-likeness (QED) is 0.861. The first-order chi connectivity index (χ1) is 11.3. The van der Waals surface area contributed by atoms with Gasteiger partial charge in [-0.3, -0.25) is 9.88 Å². The first-order valence-corrected chi connectivity index (χ1v) is 9.15. The zero-order chi connectivity index (χ0) is 15.5. The number of aromatic nitrogens is 1. The fraction of sp³-hybridized carbons (Fsp3) is 0.500. The number of rotatable bonds is 4. The van der Waals surface area contributed by atoms with Crippen LogP contribution in [-0.2, 0) is 11.3 Å². The van der Waals surface area contributed by atoms with Gasteiger partial charge in [0.25, 0.3) is 0 Å². The molecule has 4 rings (SSSR count). The van der Waals surface area contributed by atoms with Gasteiger partial charge >= 0.3 is 0 Å². The van der Waals surface area contributed by atoms with Crippen molar-refractivity contribution in [3.05, 3.63) is 46.9 Å². The molecule has 4 nitrogen and oxygen atoms in total. The summed E-state index contributed by atoms with van der Waals surface area (Å²) in [5.74, 6) is 0.837. The number of pyridine rings is 1. The summed E-state index contributed by atoms with van der Waals surface area (Å²) < 4.78 is 12.3. The predicted molar refractivity (Wildman–Crippen MR) is 90.8 cm³/mol. The third-order valence-corrected chi connectivity index (χ3v) is 5.55. The third-order valence-electron chi connectivity index (χ3n) is 4.69. The smallest absolute Gasteiger partial charge is 0.138 e. The Bertz CT molecular complexity index is 619. The first-order valence-electron chi connectivity index (χ1n) is 8.27. The van der Waals surface area contributed by atoms with Gasteiger partial charge in [-0.25, -0.2) is 0 Å². The van der Waals surface area contributed by atoms with Gasteiger partial charge in [0.1, 0.15) is 11.9 Å². The van der Waals surface area contributed by atoms with Crippen LogP contribution in [0.3, 0.4) is 0 Å². The molecule has 5 heteroatoms. The van der Waals surface area contributed by atoms with Crippen molar-refractivity contribution in [1.82, 2.24) is 9.88 Å². The van der Waals surface area contributed by atoms with Crippen molar-refractivity contribution in [3.8, 4) is 5.75 Å². The Hall–Kier alpha value is -1.43. The highest BCUT2D eigenvalue weighted by atomic mass is 32.1. The second-order valence-electron chi connectivity index (χ2n) is 6.52. The molecular weight excluding hydrogens is 308 g/mol. The Labute approximate surface area is 141 Å². The first kappa shape index (κ1) is 15.1. The molecule has 2 aromatic heterocycles. The minimum absolute atomic E-state index is 0.0254. The average molecular weight is 330 g/mol. The minimum atomic E-state index is -0.0254. The van der Waals surface area contributed by atoms with Crippen LogP contribution in [0.25, 0.3) is 0 Å². The number of hydrogen-bond donors (Lipinski definition) is 0. The molecule has 0 bridgehead atoms. The van der Waals surface area contributed by atoms with Gasteiger partial charge in [-0.2, -0.15) is 0 Å². The highest BCUT2D eigenvalue weighted by Crippen LogP contribution is 2.36. The highest BCUT2D eigenvalue weighted by molar-refractivity contribution is 7.09. The fourth-order valence-electron chi connectivity index (χ4n) is 3.72. The van der Waals surface area contributed by atoms with Crippen LogP contribution < -0.4 is 4.74 Å². The van der Waals surface area contributed by atoms with E-state index in [1.165, 1.54) is 11.3 Å². The molecule has 4 heterocycles. The second-order valence-corrected chi connectivity index (χ2v) is 7.55. The SMILES string of the molecule is c1cncc(O[C@H]2CO[C@@]3(CCCN(Cc4cccs4)C3)C2)c1. The Balaban J connectivity index is 1.37. The lowest BCUT2D eigenvalue weighted by Crippen LogP contribution is -2.47. The van der Waals surface area contributed by atoms with E-state index in [-0.39, 0.29) is 11.7 Å². The number of hydrogen-bond acceptors (Lipinski definition) is 5. The van der Waals surface area contributed by atoms with E-state index in [0.29, 0.717) is 6.61 Å². The highest BCUT2D eigenvalue weighted by Gasteiger charge is 2.44. The molecule has 2 saturated heterocycles. The van der Waals surface area contributed by atoms with E-state index in [1.54, 1.807) is 12.4 Å². The summed E-state index contributed by atoms with van der Waals surface area (Å²) >= 11 is 1.84. The largest absolute Gasteiger partial charge is 0.486 e. The van der Waals surface area contributed by atoms with Crippen molar-refractivity contribution in [2.24, 2.45) is 0 Å². The predicted octanol–water partition coefficient (Wildman–Crippen LogP) is 3.35. The van der Waals surface area contributed by atoms with Gasteiger partial charge in [-0.15, -0.1) is 11.3 Å². The van der Waals surface area contributed by atoms with Gasteiger partial charge in [-0.05, 0) is 43.0 Å². The second kappa shape index (κ2) is 6.59. The molecule has 0 aliphatic carbocycles. The van der Waals surface area contributed by atoms with Crippen molar-refractivity contribution < 1.29 is 9.47 Å². The third kappa shape index (κ3) is 3.57. The Morgan fingerprint density at radius 2 is 2.39 bits per heavy atom. The summed E-state index contributed by atoms with van der Waals surface area (Å²) in [5, 5.41) is 2.15. The Kier molecular flexibility index (Phi) is 4.33. The maximum atomic E-state index is 6.23. The van der Waals surface area contributed by atoms with Crippen molar-refractivity contribution in [2.75, 3.05) is 19.7 Å². The zero-order valence-electron chi connectivity index (χ0n) is 13.2. The summed E-state index contributed by atoms with van der Waals surface area (Å²) in [6.07, 6.45) is 6.99. The minimum Gasteiger partial charge on any atom is -0.486 e. The van der Waals surface area contributed by atoms with E-state index in [4.69, 9.17) is 9.47 Å². The molecule has 0 unspecified atom stereocenters. The molecule has 2 aliphatic heterocycles.